The molecule has 5 nitrogen and oxygen atoms in total. The number of carbonyl (C=O) groups excluding carboxylic acids is 3. The first-order valence-electron chi connectivity index (χ1n) is 7.34. The second kappa shape index (κ2) is 8.58. The van der Waals surface area contributed by atoms with E-state index in [2.05, 4.69) is 5.32 Å². The van der Waals surface area contributed by atoms with Crippen LogP contribution in [-0.2, 0) is 20.8 Å². The highest BCUT2D eigenvalue weighted by Gasteiger charge is 2.28. The lowest BCUT2D eigenvalue weighted by atomic mass is 10.1. The first kappa shape index (κ1) is 16.5. The molecule has 118 valence electrons. The number of carbonyl (C=O) groups is 3. The molecule has 2 rings (SSSR count). The van der Waals surface area contributed by atoms with Gasteiger partial charge in [0.1, 0.15) is 6.29 Å². The van der Waals surface area contributed by atoms with Crippen LogP contribution in [0.2, 0.25) is 0 Å². The highest BCUT2D eigenvalue weighted by molar-refractivity contribution is 7.99. The Hall–Kier alpha value is -1.82. The van der Waals surface area contributed by atoms with Crippen LogP contribution in [0.25, 0.3) is 0 Å². The summed E-state index contributed by atoms with van der Waals surface area (Å²) in [6.07, 6.45) is 1.90. The SMILES string of the molecule is O=C[C@@H]1CSCN1C(=O)CCC(=O)NCCc1ccccc1. The zero-order valence-electron chi connectivity index (χ0n) is 12.4. The van der Waals surface area contributed by atoms with Crippen LogP contribution in [0.1, 0.15) is 18.4 Å². The van der Waals surface area contributed by atoms with E-state index in [9.17, 15) is 14.4 Å². The number of amides is 2. The summed E-state index contributed by atoms with van der Waals surface area (Å²) in [4.78, 5) is 36.1. The molecule has 2 amide bonds. The predicted molar refractivity (Wildman–Crippen MR) is 86.4 cm³/mol. The van der Waals surface area contributed by atoms with E-state index >= 15 is 0 Å². The first-order chi connectivity index (χ1) is 10.7. The molecule has 0 radical (unpaired) electrons. The van der Waals surface area contributed by atoms with Crippen molar-refractivity contribution in [3.05, 3.63) is 35.9 Å². The highest BCUT2D eigenvalue weighted by Crippen LogP contribution is 2.20. The molecule has 0 saturated carbocycles. The Morgan fingerprint density at radius 2 is 2.05 bits per heavy atom. The molecule has 0 spiro atoms. The number of aldehydes is 1. The van der Waals surface area contributed by atoms with Crippen LogP contribution in [-0.4, -0.2) is 47.2 Å². The van der Waals surface area contributed by atoms with E-state index in [1.807, 2.05) is 30.3 Å². The van der Waals surface area contributed by atoms with Crippen LogP contribution < -0.4 is 5.32 Å². The lowest BCUT2D eigenvalue weighted by molar-refractivity contribution is -0.135. The fourth-order valence-corrected chi connectivity index (χ4v) is 3.41. The van der Waals surface area contributed by atoms with E-state index in [1.54, 1.807) is 16.7 Å². The molecular formula is C16H20N2O3S. The van der Waals surface area contributed by atoms with E-state index in [4.69, 9.17) is 0 Å². The van der Waals surface area contributed by atoms with Gasteiger partial charge in [-0.05, 0) is 12.0 Å². The van der Waals surface area contributed by atoms with E-state index in [0.29, 0.717) is 18.2 Å². The van der Waals surface area contributed by atoms with Crippen molar-refractivity contribution in [2.75, 3.05) is 18.2 Å². The quantitative estimate of drug-likeness (QED) is 0.767. The zero-order chi connectivity index (χ0) is 15.8. The van der Waals surface area contributed by atoms with Crippen molar-refractivity contribution in [1.29, 1.82) is 0 Å². The van der Waals surface area contributed by atoms with Gasteiger partial charge in [0.2, 0.25) is 11.8 Å². The number of nitrogens with one attached hydrogen (secondary N) is 1. The maximum atomic E-state index is 12.0. The molecule has 1 aliphatic rings. The van der Waals surface area contributed by atoms with E-state index < -0.39 is 0 Å². The lowest BCUT2D eigenvalue weighted by Crippen LogP contribution is -2.38. The van der Waals surface area contributed by atoms with Crippen LogP contribution in [0, 0.1) is 0 Å². The van der Waals surface area contributed by atoms with Gasteiger partial charge in [-0.2, -0.15) is 0 Å². The van der Waals surface area contributed by atoms with Gasteiger partial charge >= 0.3 is 0 Å². The minimum atomic E-state index is -0.335. The molecular weight excluding hydrogens is 300 g/mol. The van der Waals surface area contributed by atoms with Crippen molar-refractivity contribution in [3.63, 3.8) is 0 Å². The number of thioether (sulfide) groups is 1. The Balaban J connectivity index is 1.65. The molecule has 22 heavy (non-hydrogen) atoms. The molecule has 1 fully saturated rings. The topological polar surface area (TPSA) is 66.5 Å². The molecule has 1 aromatic carbocycles. The Kier molecular flexibility index (Phi) is 6.45. The molecule has 1 atom stereocenters. The fourth-order valence-electron chi connectivity index (χ4n) is 2.27. The molecule has 0 aromatic heterocycles. The molecule has 0 unspecified atom stereocenters. The standard InChI is InChI=1S/C16H20N2O3S/c19-10-14-11-22-12-18(14)16(21)7-6-15(20)17-9-8-13-4-2-1-3-5-13/h1-5,10,14H,6-9,11-12H2,(H,17,20)/t14-/m1/s1. The second-order valence-corrected chi connectivity index (χ2v) is 6.15. The van der Waals surface area contributed by atoms with Crippen molar-refractivity contribution < 1.29 is 14.4 Å². The Bertz CT molecular complexity index is 521. The maximum absolute atomic E-state index is 12.0. The molecule has 0 bridgehead atoms. The van der Waals surface area contributed by atoms with E-state index in [0.717, 1.165) is 12.7 Å². The Morgan fingerprint density at radius 3 is 2.77 bits per heavy atom. The summed E-state index contributed by atoms with van der Waals surface area (Å²) >= 11 is 1.56. The number of hydrogen-bond donors (Lipinski definition) is 1. The number of hydrogen-bond acceptors (Lipinski definition) is 4. The summed E-state index contributed by atoms with van der Waals surface area (Å²) in [7, 11) is 0. The third kappa shape index (κ3) is 4.87. The van der Waals surface area contributed by atoms with Gasteiger partial charge in [0, 0.05) is 25.1 Å². The van der Waals surface area contributed by atoms with Crippen molar-refractivity contribution >= 4 is 29.9 Å². The lowest BCUT2D eigenvalue weighted by Gasteiger charge is -2.19. The van der Waals surface area contributed by atoms with Gasteiger partial charge in [-0.1, -0.05) is 30.3 Å². The maximum Gasteiger partial charge on any atom is 0.224 e. The zero-order valence-corrected chi connectivity index (χ0v) is 13.2. The Labute approximate surface area is 134 Å². The molecule has 1 aliphatic heterocycles. The van der Waals surface area contributed by atoms with Crippen molar-refractivity contribution in [1.82, 2.24) is 10.2 Å². The van der Waals surface area contributed by atoms with E-state index in [-0.39, 0.29) is 30.7 Å². The van der Waals surface area contributed by atoms with Crippen molar-refractivity contribution in [3.8, 4) is 0 Å². The van der Waals surface area contributed by atoms with Gasteiger partial charge in [-0.25, -0.2) is 0 Å². The first-order valence-corrected chi connectivity index (χ1v) is 8.49. The summed E-state index contributed by atoms with van der Waals surface area (Å²) in [5.74, 6) is 0.940. The number of benzene rings is 1. The third-order valence-electron chi connectivity index (χ3n) is 3.54. The summed E-state index contributed by atoms with van der Waals surface area (Å²) in [6, 6.07) is 9.58. The molecule has 1 heterocycles. The smallest absolute Gasteiger partial charge is 0.224 e. The minimum absolute atomic E-state index is 0.125. The largest absolute Gasteiger partial charge is 0.356 e. The van der Waals surface area contributed by atoms with Crippen LogP contribution in [0.4, 0.5) is 0 Å². The van der Waals surface area contributed by atoms with Crippen LogP contribution >= 0.6 is 11.8 Å². The number of rotatable bonds is 7. The van der Waals surface area contributed by atoms with Crippen LogP contribution in [0.3, 0.4) is 0 Å². The summed E-state index contributed by atoms with van der Waals surface area (Å²) in [5.41, 5.74) is 1.17. The van der Waals surface area contributed by atoms with Gasteiger partial charge < -0.3 is 15.0 Å². The summed E-state index contributed by atoms with van der Waals surface area (Å²) < 4.78 is 0. The van der Waals surface area contributed by atoms with Gasteiger partial charge in [0.05, 0.1) is 11.9 Å². The average Bonchev–Trinajstić information content (AvgIpc) is 3.02. The van der Waals surface area contributed by atoms with E-state index in [1.165, 1.54) is 5.56 Å². The summed E-state index contributed by atoms with van der Waals surface area (Å²) in [6.45, 7) is 0.563. The molecule has 1 N–H and O–H groups in total. The van der Waals surface area contributed by atoms with Crippen LogP contribution in [0.5, 0.6) is 0 Å². The highest BCUT2D eigenvalue weighted by atomic mass is 32.2. The third-order valence-corrected chi connectivity index (χ3v) is 4.58. The average molecular weight is 320 g/mol. The summed E-state index contributed by atoms with van der Waals surface area (Å²) in [5, 5.41) is 2.82. The second-order valence-electron chi connectivity index (χ2n) is 5.15. The van der Waals surface area contributed by atoms with Gasteiger partial charge in [0.25, 0.3) is 0 Å². The van der Waals surface area contributed by atoms with Gasteiger partial charge in [0.15, 0.2) is 0 Å². The predicted octanol–water partition coefficient (Wildman–Crippen LogP) is 1.23. The molecule has 1 saturated heterocycles. The Morgan fingerprint density at radius 1 is 1.27 bits per heavy atom. The van der Waals surface area contributed by atoms with Gasteiger partial charge in [-0.3, -0.25) is 9.59 Å². The monoisotopic (exact) mass is 320 g/mol. The fraction of sp³-hybridized carbons (Fsp3) is 0.438. The minimum Gasteiger partial charge on any atom is -0.356 e. The van der Waals surface area contributed by atoms with Crippen molar-refractivity contribution in [2.45, 2.75) is 25.3 Å². The van der Waals surface area contributed by atoms with Crippen LogP contribution in [0.15, 0.2) is 30.3 Å². The molecule has 0 aliphatic carbocycles. The normalized spacial score (nSPS) is 17.3. The van der Waals surface area contributed by atoms with Gasteiger partial charge in [-0.15, -0.1) is 11.8 Å². The van der Waals surface area contributed by atoms with Crippen molar-refractivity contribution in [2.24, 2.45) is 0 Å². The molecule has 1 aromatic rings. The molecule has 6 heteroatoms. The number of nitrogens with zero attached hydrogens (tertiary/aromatic N) is 1.